The average molecular weight is 527 g/mol. The molecule has 2 atom stereocenters. The minimum absolute atomic E-state index is 0.0270. The molecule has 5 rings (SSSR count). The lowest BCUT2D eigenvalue weighted by Gasteiger charge is -2.52. The highest BCUT2D eigenvalue weighted by Crippen LogP contribution is 2.37. The highest BCUT2D eigenvalue weighted by atomic mass is 32.1. The molecule has 0 aliphatic carbocycles. The number of carbonyl (C=O) groups is 2. The van der Waals surface area contributed by atoms with Gasteiger partial charge in [0.25, 0.3) is 0 Å². The zero-order chi connectivity index (χ0) is 26.0. The number of para-hydroxylation sites is 2. The molecule has 2 unspecified atom stereocenters. The van der Waals surface area contributed by atoms with E-state index >= 15 is 0 Å². The molecule has 2 amide bonds. The fourth-order valence-corrected chi connectivity index (χ4v) is 6.46. The Balaban J connectivity index is 1.22. The molecule has 0 radical (unpaired) electrons. The molecule has 1 N–H and O–H groups in total. The second kappa shape index (κ2) is 11.0. The number of thiazole rings is 1. The first kappa shape index (κ1) is 26.0. The molecule has 1 spiro atoms. The monoisotopic (exact) mass is 526 g/mol. The van der Waals surface area contributed by atoms with Crippen molar-refractivity contribution in [3.05, 3.63) is 40.3 Å². The number of amides is 2. The first-order valence-electron chi connectivity index (χ1n) is 13.6. The Hall–Kier alpha value is -2.65. The van der Waals surface area contributed by atoms with Gasteiger partial charge >= 0.3 is 0 Å². The van der Waals surface area contributed by atoms with Crippen molar-refractivity contribution in [1.82, 2.24) is 20.1 Å². The second-order valence-corrected chi connectivity index (χ2v) is 11.7. The summed E-state index contributed by atoms with van der Waals surface area (Å²) in [5, 5.41) is 6.09. The van der Waals surface area contributed by atoms with Gasteiger partial charge in [-0.2, -0.15) is 0 Å². The Morgan fingerprint density at radius 1 is 1.19 bits per heavy atom. The standard InChI is InChI=1S/C28H38N4O4S/c1-4-5-12-32-26(33)21(15-19(2)3)30-27(34)28(32)10-13-31(14-11-28)16-20-18-37-25(29-20)24-17-35-22-8-6-7-9-23(22)36-24/h6-9,18-19,21,24H,4-5,10-17H2,1-3H3,(H,30,34). The summed E-state index contributed by atoms with van der Waals surface area (Å²) in [6.45, 7) is 9.63. The number of ether oxygens (including phenoxy) is 2. The molecule has 4 heterocycles. The lowest BCUT2D eigenvalue weighted by Crippen LogP contribution is -2.73. The maximum Gasteiger partial charge on any atom is 0.246 e. The molecule has 0 bridgehead atoms. The summed E-state index contributed by atoms with van der Waals surface area (Å²) in [5.74, 6) is 1.99. The van der Waals surface area contributed by atoms with Gasteiger partial charge in [-0.05, 0) is 43.7 Å². The van der Waals surface area contributed by atoms with Crippen LogP contribution in [0.25, 0.3) is 0 Å². The largest absolute Gasteiger partial charge is 0.485 e. The number of rotatable bonds is 8. The van der Waals surface area contributed by atoms with Crippen LogP contribution in [-0.4, -0.2) is 64.4 Å². The summed E-state index contributed by atoms with van der Waals surface area (Å²) in [6, 6.07) is 7.30. The smallest absolute Gasteiger partial charge is 0.246 e. The molecule has 8 nitrogen and oxygen atoms in total. The summed E-state index contributed by atoms with van der Waals surface area (Å²) < 4.78 is 12.0. The summed E-state index contributed by atoms with van der Waals surface area (Å²) in [6.07, 6.45) is 3.68. The van der Waals surface area contributed by atoms with Gasteiger partial charge in [-0.3, -0.25) is 14.5 Å². The van der Waals surface area contributed by atoms with Gasteiger partial charge in [-0.15, -0.1) is 11.3 Å². The highest BCUT2D eigenvalue weighted by Gasteiger charge is 2.53. The third kappa shape index (κ3) is 5.34. The number of piperidine rings is 1. The lowest BCUT2D eigenvalue weighted by atomic mass is 9.80. The molecule has 1 aromatic carbocycles. The van der Waals surface area contributed by atoms with E-state index in [1.807, 2.05) is 29.2 Å². The Morgan fingerprint density at radius 3 is 2.68 bits per heavy atom. The van der Waals surface area contributed by atoms with Gasteiger partial charge in [0.05, 0.1) is 5.69 Å². The number of carbonyl (C=O) groups excluding carboxylic acids is 2. The van der Waals surface area contributed by atoms with E-state index in [0.29, 0.717) is 38.3 Å². The Labute approximate surface area is 223 Å². The van der Waals surface area contributed by atoms with E-state index in [4.69, 9.17) is 14.5 Å². The number of likely N-dealkylation sites (tertiary alicyclic amines) is 1. The zero-order valence-corrected chi connectivity index (χ0v) is 22.9. The van der Waals surface area contributed by atoms with Gasteiger partial charge in [0.1, 0.15) is 23.2 Å². The van der Waals surface area contributed by atoms with Crippen LogP contribution in [0.1, 0.15) is 69.7 Å². The minimum atomic E-state index is -0.732. The van der Waals surface area contributed by atoms with Gasteiger partial charge in [0.15, 0.2) is 17.6 Å². The predicted molar refractivity (Wildman–Crippen MR) is 143 cm³/mol. The Kier molecular flexibility index (Phi) is 7.72. The Bertz CT molecular complexity index is 1110. The molecule has 1 aromatic heterocycles. The van der Waals surface area contributed by atoms with Crippen molar-refractivity contribution < 1.29 is 19.1 Å². The summed E-state index contributed by atoms with van der Waals surface area (Å²) >= 11 is 1.60. The van der Waals surface area contributed by atoms with Gasteiger partial charge in [0, 0.05) is 31.6 Å². The fraction of sp³-hybridized carbons (Fsp3) is 0.607. The molecule has 3 aliphatic rings. The van der Waals surface area contributed by atoms with E-state index in [-0.39, 0.29) is 17.9 Å². The average Bonchev–Trinajstić information content (AvgIpc) is 3.36. The van der Waals surface area contributed by atoms with E-state index < -0.39 is 11.6 Å². The van der Waals surface area contributed by atoms with E-state index in [1.165, 1.54) is 0 Å². The van der Waals surface area contributed by atoms with Crippen LogP contribution in [0.2, 0.25) is 0 Å². The molecular formula is C28H38N4O4S. The van der Waals surface area contributed by atoms with Crippen molar-refractivity contribution in [2.75, 3.05) is 26.2 Å². The van der Waals surface area contributed by atoms with Crippen molar-refractivity contribution in [3.63, 3.8) is 0 Å². The van der Waals surface area contributed by atoms with Crippen molar-refractivity contribution in [2.24, 2.45) is 5.92 Å². The van der Waals surface area contributed by atoms with Crippen LogP contribution in [0.4, 0.5) is 0 Å². The number of hydrogen-bond acceptors (Lipinski definition) is 7. The molecule has 2 saturated heterocycles. The maximum atomic E-state index is 13.5. The number of unbranched alkanes of at least 4 members (excludes halogenated alkanes) is 1. The van der Waals surface area contributed by atoms with E-state index in [1.54, 1.807) is 11.3 Å². The molecular weight excluding hydrogens is 488 g/mol. The Morgan fingerprint density at radius 2 is 1.95 bits per heavy atom. The molecule has 3 aliphatic heterocycles. The van der Waals surface area contributed by atoms with Crippen molar-refractivity contribution in [3.8, 4) is 11.5 Å². The molecule has 9 heteroatoms. The van der Waals surface area contributed by atoms with Crippen LogP contribution in [0.5, 0.6) is 11.5 Å². The number of hydrogen-bond donors (Lipinski definition) is 1. The molecule has 200 valence electrons. The normalized spacial score (nSPS) is 23.5. The molecule has 37 heavy (non-hydrogen) atoms. The maximum absolute atomic E-state index is 13.5. The van der Waals surface area contributed by atoms with Crippen LogP contribution in [-0.2, 0) is 16.1 Å². The number of nitrogens with one attached hydrogen (secondary N) is 1. The number of nitrogens with zero attached hydrogens (tertiary/aromatic N) is 3. The molecule has 0 saturated carbocycles. The number of piperazine rings is 1. The summed E-state index contributed by atoms with van der Waals surface area (Å²) in [7, 11) is 0. The third-order valence-corrected chi connectivity index (χ3v) is 8.66. The van der Waals surface area contributed by atoms with E-state index in [0.717, 1.165) is 54.7 Å². The quantitative estimate of drug-likeness (QED) is 0.556. The van der Waals surface area contributed by atoms with Crippen LogP contribution < -0.4 is 14.8 Å². The SMILES string of the molecule is CCCCN1C(=O)C(CC(C)C)NC(=O)C12CCN(Cc1csc(C3COc4ccccc4O3)n1)CC2. The van der Waals surface area contributed by atoms with Gasteiger partial charge < -0.3 is 19.7 Å². The highest BCUT2D eigenvalue weighted by molar-refractivity contribution is 7.09. The molecule has 2 aromatic rings. The zero-order valence-electron chi connectivity index (χ0n) is 22.1. The topological polar surface area (TPSA) is 84.0 Å². The van der Waals surface area contributed by atoms with Crippen molar-refractivity contribution in [1.29, 1.82) is 0 Å². The van der Waals surface area contributed by atoms with E-state index in [9.17, 15) is 9.59 Å². The number of aromatic nitrogens is 1. The lowest BCUT2D eigenvalue weighted by molar-refractivity contribution is -0.161. The van der Waals surface area contributed by atoms with Crippen LogP contribution in [0, 0.1) is 5.92 Å². The van der Waals surface area contributed by atoms with E-state index in [2.05, 4.69) is 36.4 Å². The van der Waals surface area contributed by atoms with Gasteiger partial charge in [0.2, 0.25) is 11.8 Å². The minimum Gasteiger partial charge on any atom is -0.485 e. The van der Waals surface area contributed by atoms with Crippen LogP contribution >= 0.6 is 11.3 Å². The first-order valence-corrected chi connectivity index (χ1v) is 14.4. The molecule has 2 fully saturated rings. The van der Waals surface area contributed by atoms with Crippen molar-refractivity contribution >= 4 is 23.2 Å². The predicted octanol–water partition coefficient (Wildman–Crippen LogP) is 4.16. The second-order valence-electron chi connectivity index (χ2n) is 10.8. The van der Waals surface area contributed by atoms with Crippen LogP contribution in [0.3, 0.4) is 0 Å². The van der Waals surface area contributed by atoms with Gasteiger partial charge in [-0.25, -0.2) is 4.98 Å². The van der Waals surface area contributed by atoms with Crippen molar-refractivity contribution in [2.45, 2.75) is 77.1 Å². The number of fused-ring (bicyclic) bond motifs is 1. The third-order valence-electron chi connectivity index (χ3n) is 7.67. The summed E-state index contributed by atoms with van der Waals surface area (Å²) in [5.41, 5.74) is 0.270. The summed E-state index contributed by atoms with van der Waals surface area (Å²) in [4.78, 5) is 36.0. The van der Waals surface area contributed by atoms with Gasteiger partial charge in [-0.1, -0.05) is 39.3 Å². The number of benzene rings is 1. The van der Waals surface area contributed by atoms with Crippen LogP contribution in [0.15, 0.2) is 29.6 Å². The first-order chi connectivity index (χ1) is 17.9. The fourth-order valence-electron chi connectivity index (χ4n) is 5.64.